The Bertz CT molecular complexity index is 469. The molecule has 0 spiro atoms. The summed E-state index contributed by atoms with van der Waals surface area (Å²) >= 11 is 0. The van der Waals surface area contributed by atoms with Crippen LogP contribution in [0.5, 0.6) is 0 Å². The molecule has 0 fully saturated rings. The van der Waals surface area contributed by atoms with E-state index in [-0.39, 0.29) is 5.56 Å². The van der Waals surface area contributed by atoms with Crippen molar-refractivity contribution in [3.63, 3.8) is 0 Å². The van der Waals surface area contributed by atoms with Gasteiger partial charge < -0.3 is 10.7 Å². The van der Waals surface area contributed by atoms with Crippen LogP contribution in [0.15, 0.2) is 29.2 Å². The number of nitrogens with two attached hydrogens (primary N) is 1. The predicted molar refractivity (Wildman–Crippen MR) is 50.8 cm³/mol. The first kappa shape index (κ1) is 8.07. The van der Waals surface area contributed by atoms with Crippen LogP contribution >= 0.6 is 0 Å². The fourth-order valence-electron chi connectivity index (χ4n) is 1.37. The second kappa shape index (κ2) is 3.06. The lowest BCUT2D eigenvalue weighted by Gasteiger charge is -1.87. The Morgan fingerprint density at radius 2 is 2.31 bits per heavy atom. The van der Waals surface area contributed by atoms with E-state index in [2.05, 4.69) is 4.98 Å². The van der Waals surface area contributed by atoms with E-state index in [4.69, 9.17) is 5.73 Å². The predicted octanol–water partition coefficient (Wildman–Crippen LogP) is 0.129. The van der Waals surface area contributed by atoms with E-state index in [0.29, 0.717) is 6.54 Å². The number of aromatic nitrogens is 2. The zero-order valence-electron chi connectivity index (χ0n) is 7.16. The third-order valence-corrected chi connectivity index (χ3v) is 1.98. The lowest BCUT2D eigenvalue weighted by molar-refractivity contribution is 0.936. The van der Waals surface area contributed by atoms with Gasteiger partial charge in [-0.3, -0.25) is 9.20 Å². The molecule has 68 valence electrons. The zero-order valence-corrected chi connectivity index (χ0v) is 7.16. The summed E-state index contributed by atoms with van der Waals surface area (Å²) in [5.41, 5.74) is 7.20. The fraction of sp³-hybridized carbons (Fsp3) is 0.222. The Morgan fingerprint density at radius 1 is 1.46 bits per heavy atom. The topological polar surface area (TPSA) is 63.3 Å². The van der Waals surface area contributed by atoms with Gasteiger partial charge in [-0.25, -0.2) is 0 Å². The van der Waals surface area contributed by atoms with Crippen molar-refractivity contribution >= 4 is 5.65 Å². The number of pyridine rings is 1. The van der Waals surface area contributed by atoms with Crippen LogP contribution in [0.4, 0.5) is 0 Å². The number of rotatable bonds is 2. The summed E-state index contributed by atoms with van der Waals surface area (Å²) < 4.78 is 1.59. The summed E-state index contributed by atoms with van der Waals surface area (Å²) in [5, 5.41) is 0. The van der Waals surface area contributed by atoms with Crippen molar-refractivity contribution in [2.75, 3.05) is 6.54 Å². The quantitative estimate of drug-likeness (QED) is 0.684. The summed E-state index contributed by atoms with van der Waals surface area (Å²) in [6.07, 6.45) is 2.56. The van der Waals surface area contributed by atoms with Gasteiger partial charge in [0.2, 0.25) is 0 Å². The minimum absolute atomic E-state index is 0.0166. The smallest absolute Gasteiger partial charge is 0.256 e. The second-order valence-electron chi connectivity index (χ2n) is 2.94. The van der Waals surface area contributed by atoms with Crippen LogP contribution in [0.3, 0.4) is 0 Å². The number of hydrogen-bond donors (Lipinski definition) is 2. The van der Waals surface area contributed by atoms with Gasteiger partial charge in [0.25, 0.3) is 5.56 Å². The Labute approximate surface area is 75.0 Å². The first-order valence-electron chi connectivity index (χ1n) is 4.20. The normalized spacial score (nSPS) is 10.8. The number of H-pyrrole nitrogens is 1. The molecule has 0 amide bonds. The minimum atomic E-state index is -0.0166. The van der Waals surface area contributed by atoms with E-state index in [1.54, 1.807) is 16.7 Å². The molecule has 0 unspecified atom stereocenters. The van der Waals surface area contributed by atoms with E-state index in [9.17, 15) is 4.79 Å². The molecule has 4 nitrogen and oxygen atoms in total. The lowest BCUT2D eigenvalue weighted by Crippen LogP contribution is -2.08. The first-order valence-corrected chi connectivity index (χ1v) is 4.20. The molecule has 0 saturated heterocycles. The zero-order chi connectivity index (χ0) is 9.26. The molecule has 4 heteroatoms. The van der Waals surface area contributed by atoms with Crippen LogP contribution < -0.4 is 11.3 Å². The van der Waals surface area contributed by atoms with Crippen molar-refractivity contribution in [3.8, 4) is 0 Å². The third kappa shape index (κ3) is 1.36. The summed E-state index contributed by atoms with van der Waals surface area (Å²) in [5.74, 6) is 0. The molecule has 2 aromatic heterocycles. The van der Waals surface area contributed by atoms with Gasteiger partial charge in [0.15, 0.2) is 0 Å². The molecule has 0 aliphatic heterocycles. The molecule has 0 aliphatic carbocycles. The summed E-state index contributed by atoms with van der Waals surface area (Å²) in [6, 6.07) is 5.13. The van der Waals surface area contributed by atoms with Crippen LogP contribution in [-0.4, -0.2) is 15.9 Å². The fourth-order valence-corrected chi connectivity index (χ4v) is 1.37. The molecule has 2 heterocycles. The summed E-state index contributed by atoms with van der Waals surface area (Å²) in [7, 11) is 0. The van der Waals surface area contributed by atoms with Crippen molar-refractivity contribution in [1.29, 1.82) is 0 Å². The van der Waals surface area contributed by atoms with Gasteiger partial charge in [-0.1, -0.05) is 6.07 Å². The second-order valence-corrected chi connectivity index (χ2v) is 2.94. The highest BCUT2D eigenvalue weighted by atomic mass is 16.1. The molecule has 2 aromatic rings. The van der Waals surface area contributed by atoms with Crippen LogP contribution in [0, 0.1) is 0 Å². The van der Waals surface area contributed by atoms with Gasteiger partial charge in [0.1, 0.15) is 5.65 Å². The maximum atomic E-state index is 11.3. The molecule has 13 heavy (non-hydrogen) atoms. The number of nitrogens with zero attached hydrogens (tertiary/aromatic N) is 1. The Kier molecular flexibility index (Phi) is 1.90. The highest BCUT2D eigenvalue weighted by Gasteiger charge is 1.99. The number of aromatic amines is 1. The highest BCUT2D eigenvalue weighted by molar-refractivity contribution is 5.39. The monoisotopic (exact) mass is 177 g/mol. The van der Waals surface area contributed by atoms with Crippen molar-refractivity contribution in [3.05, 3.63) is 40.4 Å². The van der Waals surface area contributed by atoms with Crippen molar-refractivity contribution in [2.24, 2.45) is 5.73 Å². The Morgan fingerprint density at radius 3 is 3.00 bits per heavy atom. The maximum Gasteiger partial charge on any atom is 0.256 e. The van der Waals surface area contributed by atoms with Crippen LogP contribution in [0.2, 0.25) is 0 Å². The van der Waals surface area contributed by atoms with Gasteiger partial charge in [-0.05, 0) is 12.6 Å². The van der Waals surface area contributed by atoms with Crippen LogP contribution in [0.1, 0.15) is 5.69 Å². The van der Waals surface area contributed by atoms with E-state index < -0.39 is 0 Å². The van der Waals surface area contributed by atoms with E-state index >= 15 is 0 Å². The molecular formula is C9H11N3O. The van der Waals surface area contributed by atoms with E-state index in [0.717, 1.165) is 17.8 Å². The van der Waals surface area contributed by atoms with Gasteiger partial charge in [-0.15, -0.1) is 0 Å². The number of fused-ring (bicyclic) bond motifs is 1. The van der Waals surface area contributed by atoms with Crippen LogP contribution in [0.25, 0.3) is 5.65 Å². The van der Waals surface area contributed by atoms with Crippen molar-refractivity contribution < 1.29 is 0 Å². The van der Waals surface area contributed by atoms with Gasteiger partial charge in [0, 0.05) is 24.4 Å². The van der Waals surface area contributed by atoms with Gasteiger partial charge in [0.05, 0.1) is 0 Å². The standard InChI is InChI=1S/C9H11N3O/c10-5-4-7-6-12-8(11-7)2-1-3-9(12)13/h1-3,6,11H,4-5,10H2. The van der Waals surface area contributed by atoms with E-state index in [1.807, 2.05) is 6.07 Å². The molecule has 0 bridgehead atoms. The Hall–Kier alpha value is -1.55. The largest absolute Gasteiger partial charge is 0.343 e. The molecule has 2 rings (SSSR count). The number of imidazole rings is 1. The average molecular weight is 177 g/mol. The van der Waals surface area contributed by atoms with Gasteiger partial charge in [-0.2, -0.15) is 0 Å². The molecular weight excluding hydrogens is 166 g/mol. The lowest BCUT2D eigenvalue weighted by atomic mass is 10.3. The molecule has 0 saturated carbocycles. The molecule has 0 atom stereocenters. The SMILES string of the molecule is NCCc1cn2c(=O)cccc2[nH]1. The first-order chi connectivity index (χ1) is 6.31. The maximum absolute atomic E-state index is 11.3. The molecule has 0 aromatic carbocycles. The van der Waals surface area contributed by atoms with Crippen LogP contribution in [-0.2, 0) is 6.42 Å². The molecule has 0 aliphatic rings. The highest BCUT2D eigenvalue weighted by Crippen LogP contribution is 2.01. The summed E-state index contributed by atoms with van der Waals surface area (Å²) in [4.78, 5) is 14.4. The number of hydrogen-bond acceptors (Lipinski definition) is 2. The minimum Gasteiger partial charge on any atom is -0.343 e. The van der Waals surface area contributed by atoms with Crippen molar-refractivity contribution in [1.82, 2.24) is 9.38 Å². The summed E-state index contributed by atoms with van der Waals surface area (Å²) in [6.45, 7) is 0.585. The number of nitrogens with one attached hydrogen (secondary N) is 1. The van der Waals surface area contributed by atoms with E-state index in [1.165, 1.54) is 6.07 Å². The van der Waals surface area contributed by atoms with Crippen molar-refractivity contribution in [2.45, 2.75) is 6.42 Å². The molecule has 0 radical (unpaired) electrons. The Balaban J connectivity index is 2.62. The third-order valence-electron chi connectivity index (χ3n) is 1.98. The molecule has 3 N–H and O–H groups in total. The average Bonchev–Trinajstić information content (AvgIpc) is 2.49. The van der Waals surface area contributed by atoms with Gasteiger partial charge >= 0.3 is 0 Å².